The number of amides is 1. The van der Waals surface area contributed by atoms with Gasteiger partial charge in [-0.15, -0.1) is 0 Å². The number of aromatic nitrogens is 1. The zero-order valence-electron chi connectivity index (χ0n) is 16.2. The number of carbonyl (C=O) groups excluding carboxylic acids is 1. The van der Waals surface area contributed by atoms with Crippen LogP contribution in [-0.2, 0) is 4.79 Å². The van der Waals surface area contributed by atoms with E-state index in [1.807, 2.05) is 56.3 Å². The number of ether oxygens (including phenoxy) is 1. The molecule has 0 bridgehead atoms. The second-order valence-electron chi connectivity index (χ2n) is 7.23. The third-order valence-electron chi connectivity index (χ3n) is 4.77. The molecule has 6 heteroatoms. The van der Waals surface area contributed by atoms with Gasteiger partial charge in [-0.2, -0.15) is 5.10 Å². The lowest BCUT2D eigenvalue weighted by Gasteiger charge is -2.21. The average molecular weight is 377 g/mol. The molecule has 144 valence electrons. The van der Waals surface area contributed by atoms with E-state index >= 15 is 0 Å². The van der Waals surface area contributed by atoms with Gasteiger partial charge in [0.25, 0.3) is 0 Å². The number of rotatable bonds is 5. The van der Waals surface area contributed by atoms with Gasteiger partial charge in [0.1, 0.15) is 11.3 Å². The Balaban J connectivity index is 1.64. The van der Waals surface area contributed by atoms with Crippen molar-refractivity contribution in [1.82, 2.24) is 10.4 Å². The van der Waals surface area contributed by atoms with Crippen molar-refractivity contribution in [1.29, 1.82) is 0 Å². The third-order valence-corrected chi connectivity index (χ3v) is 4.77. The summed E-state index contributed by atoms with van der Waals surface area (Å²) < 4.78 is 11.7. The number of hydrazone groups is 1. The quantitative estimate of drug-likeness (QED) is 0.708. The first-order chi connectivity index (χ1) is 13.5. The molecule has 1 atom stereocenters. The second kappa shape index (κ2) is 7.46. The Hall–Kier alpha value is -3.15. The van der Waals surface area contributed by atoms with Gasteiger partial charge in [-0.3, -0.25) is 4.79 Å². The molecule has 2 heterocycles. The molecular weight excluding hydrogens is 354 g/mol. The number of carbonyl (C=O) groups is 1. The highest BCUT2D eigenvalue weighted by Gasteiger charge is 2.24. The van der Waals surface area contributed by atoms with Crippen LogP contribution in [0.15, 0.2) is 52.0 Å². The van der Waals surface area contributed by atoms with Crippen LogP contribution >= 0.6 is 0 Å². The van der Waals surface area contributed by atoms with E-state index < -0.39 is 0 Å². The predicted octanol–water partition coefficient (Wildman–Crippen LogP) is 4.53. The molecular formula is C22H23N3O3. The molecule has 1 N–H and O–H groups in total. The van der Waals surface area contributed by atoms with Crippen molar-refractivity contribution in [3.8, 4) is 17.2 Å². The van der Waals surface area contributed by atoms with Crippen LogP contribution in [0, 0.1) is 5.92 Å². The topological polar surface area (TPSA) is 76.7 Å². The largest absolute Gasteiger partial charge is 0.491 e. The third kappa shape index (κ3) is 3.63. The number of nitrogens with one attached hydrogen (secondary N) is 1. The first-order valence-corrected chi connectivity index (χ1v) is 9.58. The summed E-state index contributed by atoms with van der Waals surface area (Å²) in [6.07, 6.45) is 1.45. The van der Waals surface area contributed by atoms with Gasteiger partial charge in [-0.25, -0.2) is 10.4 Å². The van der Waals surface area contributed by atoms with E-state index in [9.17, 15) is 4.79 Å². The summed E-state index contributed by atoms with van der Waals surface area (Å²) in [5.41, 5.74) is 6.79. The number of fused-ring (bicyclic) bond motifs is 1. The molecule has 3 aromatic rings. The standard InChI is InChI=1S/C22H23N3O3/c1-4-14-12-20(26)24-25-21(14)16-7-10-18-19(11-16)28-22(23-18)15-5-8-17(9-6-15)27-13(2)3/h5-11,13-14H,4,12H2,1-3H3,(H,24,26)/t14-/m1/s1. The molecule has 1 aliphatic rings. The van der Waals surface area contributed by atoms with Crippen LogP contribution in [0.2, 0.25) is 0 Å². The lowest BCUT2D eigenvalue weighted by molar-refractivity contribution is -0.122. The van der Waals surface area contributed by atoms with Crippen LogP contribution in [0.3, 0.4) is 0 Å². The number of benzene rings is 2. The summed E-state index contributed by atoms with van der Waals surface area (Å²) in [4.78, 5) is 16.2. The van der Waals surface area contributed by atoms with Crippen LogP contribution < -0.4 is 10.2 Å². The summed E-state index contributed by atoms with van der Waals surface area (Å²) in [6, 6.07) is 13.6. The fourth-order valence-corrected chi connectivity index (χ4v) is 3.37. The molecule has 1 aliphatic heterocycles. The van der Waals surface area contributed by atoms with E-state index in [0.29, 0.717) is 17.9 Å². The lowest BCUT2D eigenvalue weighted by atomic mass is 9.90. The average Bonchev–Trinajstić information content (AvgIpc) is 3.11. The Bertz CT molecular complexity index is 1030. The van der Waals surface area contributed by atoms with E-state index in [-0.39, 0.29) is 17.9 Å². The van der Waals surface area contributed by atoms with Crippen LogP contribution in [0.5, 0.6) is 5.75 Å². The molecule has 0 aliphatic carbocycles. The molecule has 0 unspecified atom stereocenters. The minimum Gasteiger partial charge on any atom is -0.491 e. The van der Waals surface area contributed by atoms with Crippen molar-refractivity contribution in [2.75, 3.05) is 0 Å². The number of hydrogen-bond acceptors (Lipinski definition) is 5. The fourth-order valence-electron chi connectivity index (χ4n) is 3.37. The van der Waals surface area contributed by atoms with Gasteiger partial charge in [-0.1, -0.05) is 13.0 Å². The molecule has 0 fully saturated rings. The van der Waals surface area contributed by atoms with E-state index in [0.717, 1.165) is 34.5 Å². The number of nitrogens with zero attached hydrogens (tertiary/aromatic N) is 2. The van der Waals surface area contributed by atoms with Crippen molar-refractivity contribution in [3.05, 3.63) is 48.0 Å². The van der Waals surface area contributed by atoms with Crippen molar-refractivity contribution in [2.24, 2.45) is 11.0 Å². The fraction of sp³-hybridized carbons (Fsp3) is 0.318. The maximum absolute atomic E-state index is 11.6. The summed E-state index contributed by atoms with van der Waals surface area (Å²) in [5, 5.41) is 4.28. The molecule has 0 saturated carbocycles. The minimum absolute atomic E-state index is 0.0384. The molecule has 0 radical (unpaired) electrons. The van der Waals surface area contributed by atoms with Gasteiger partial charge >= 0.3 is 0 Å². The summed E-state index contributed by atoms with van der Waals surface area (Å²) in [6.45, 7) is 6.06. The van der Waals surface area contributed by atoms with Gasteiger partial charge in [0.15, 0.2) is 5.58 Å². The second-order valence-corrected chi connectivity index (χ2v) is 7.23. The Labute approximate surface area is 163 Å². The summed E-state index contributed by atoms with van der Waals surface area (Å²) >= 11 is 0. The summed E-state index contributed by atoms with van der Waals surface area (Å²) in [7, 11) is 0. The molecule has 1 amide bonds. The highest BCUT2D eigenvalue weighted by Crippen LogP contribution is 2.28. The Morgan fingerprint density at radius 2 is 1.93 bits per heavy atom. The van der Waals surface area contributed by atoms with Crippen LogP contribution in [0.25, 0.3) is 22.6 Å². The smallest absolute Gasteiger partial charge is 0.240 e. The van der Waals surface area contributed by atoms with E-state index in [1.165, 1.54) is 0 Å². The van der Waals surface area contributed by atoms with Gasteiger partial charge in [-0.05, 0) is 56.7 Å². The molecule has 1 aromatic heterocycles. The van der Waals surface area contributed by atoms with Crippen LogP contribution in [0.1, 0.15) is 39.2 Å². The molecule has 28 heavy (non-hydrogen) atoms. The van der Waals surface area contributed by atoms with E-state index in [4.69, 9.17) is 9.15 Å². The van der Waals surface area contributed by atoms with E-state index in [1.54, 1.807) is 0 Å². The highest BCUT2D eigenvalue weighted by atomic mass is 16.5. The molecule has 2 aromatic carbocycles. The van der Waals surface area contributed by atoms with Gasteiger partial charge < -0.3 is 9.15 Å². The lowest BCUT2D eigenvalue weighted by Crippen LogP contribution is -2.33. The van der Waals surface area contributed by atoms with Crippen molar-refractivity contribution >= 4 is 22.7 Å². The normalized spacial score (nSPS) is 16.9. The monoisotopic (exact) mass is 377 g/mol. The zero-order chi connectivity index (χ0) is 19.7. The van der Waals surface area contributed by atoms with Crippen LogP contribution in [-0.4, -0.2) is 22.7 Å². The first-order valence-electron chi connectivity index (χ1n) is 9.58. The SMILES string of the molecule is CC[C@@H]1CC(=O)NN=C1c1ccc2nc(-c3ccc(OC(C)C)cc3)oc2c1. The molecule has 6 nitrogen and oxygen atoms in total. The predicted molar refractivity (Wildman–Crippen MR) is 108 cm³/mol. The minimum atomic E-state index is -0.0384. The Kier molecular flexibility index (Phi) is 4.86. The van der Waals surface area contributed by atoms with E-state index in [2.05, 4.69) is 22.4 Å². The van der Waals surface area contributed by atoms with Crippen molar-refractivity contribution in [3.63, 3.8) is 0 Å². The maximum atomic E-state index is 11.6. The molecule has 0 spiro atoms. The van der Waals surface area contributed by atoms with Gasteiger partial charge in [0.2, 0.25) is 11.8 Å². The molecule has 4 rings (SSSR count). The number of oxazole rings is 1. The van der Waals surface area contributed by atoms with Gasteiger partial charge in [0.05, 0.1) is 11.8 Å². The zero-order valence-corrected chi connectivity index (χ0v) is 16.2. The Morgan fingerprint density at radius 3 is 2.64 bits per heavy atom. The van der Waals surface area contributed by atoms with Crippen molar-refractivity contribution < 1.29 is 13.9 Å². The van der Waals surface area contributed by atoms with Gasteiger partial charge in [0, 0.05) is 23.5 Å². The van der Waals surface area contributed by atoms with Crippen molar-refractivity contribution in [2.45, 2.75) is 39.7 Å². The molecule has 0 saturated heterocycles. The number of hydrogen-bond donors (Lipinski definition) is 1. The first kappa shape index (κ1) is 18.2. The summed E-state index contributed by atoms with van der Waals surface area (Å²) in [5.74, 6) is 1.46. The Morgan fingerprint density at radius 1 is 1.18 bits per heavy atom. The maximum Gasteiger partial charge on any atom is 0.240 e. The van der Waals surface area contributed by atoms with Crippen LogP contribution in [0.4, 0.5) is 0 Å². The highest BCUT2D eigenvalue weighted by molar-refractivity contribution is 6.07.